The van der Waals surface area contributed by atoms with Gasteiger partial charge in [-0.2, -0.15) is 0 Å². The number of sulfonamides is 1. The summed E-state index contributed by atoms with van der Waals surface area (Å²) in [6, 6.07) is 25.1. The van der Waals surface area contributed by atoms with Gasteiger partial charge in [-0.15, -0.1) is 0 Å². The van der Waals surface area contributed by atoms with Crippen LogP contribution in [-0.2, 0) is 33.5 Å². The SMILES string of the molecule is CN1CCN(CCCN(Cc2ccccc2)C(=O)[C@H](Cc2ccc(Cl)cc2)NS(=O)(=O)Cc2ccccc2)CC1. The summed E-state index contributed by atoms with van der Waals surface area (Å²) < 4.78 is 29.3. The van der Waals surface area contributed by atoms with Crippen LogP contribution in [-0.4, -0.2) is 81.4 Å². The molecule has 0 unspecified atom stereocenters. The van der Waals surface area contributed by atoms with Gasteiger partial charge in [-0.05, 0) is 55.3 Å². The summed E-state index contributed by atoms with van der Waals surface area (Å²) in [5, 5.41) is 0.589. The zero-order chi connectivity index (χ0) is 28.4. The molecule has 1 N–H and O–H groups in total. The molecule has 1 aliphatic rings. The number of carbonyl (C=O) groups is 1. The molecule has 0 radical (unpaired) electrons. The Labute approximate surface area is 243 Å². The summed E-state index contributed by atoms with van der Waals surface area (Å²) in [6.45, 7) is 5.97. The van der Waals surface area contributed by atoms with Gasteiger partial charge in [0, 0.05) is 44.3 Å². The van der Waals surface area contributed by atoms with Gasteiger partial charge in [0.2, 0.25) is 15.9 Å². The highest BCUT2D eigenvalue weighted by atomic mass is 35.5. The monoisotopic (exact) mass is 582 g/mol. The van der Waals surface area contributed by atoms with Crippen LogP contribution >= 0.6 is 11.6 Å². The van der Waals surface area contributed by atoms with Gasteiger partial charge >= 0.3 is 0 Å². The minimum atomic E-state index is -3.79. The van der Waals surface area contributed by atoms with Crippen LogP contribution in [0.4, 0.5) is 0 Å². The summed E-state index contributed by atoms with van der Waals surface area (Å²) in [4.78, 5) is 20.7. The Balaban J connectivity index is 1.53. The minimum absolute atomic E-state index is 0.194. The van der Waals surface area contributed by atoms with Crippen molar-refractivity contribution in [2.24, 2.45) is 0 Å². The third kappa shape index (κ3) is 9.71. The molecular weight excluding hydrogens is 544 g/mol. The first-order chi connectivity index (χ1) is 19.3. The van der Waals surface area contributed by atoms with Gasteiger partial charge in [0.15, 0.2) is 0 Å². The molecule has 1 fully saturated rings. The average molecular weight is 583 g/mol. The van der Waals surface area contributed by atoms with Crippen LogP contribution in [0.5, 0.6) is 0 Å². The van der Waals surface area contributed by atoms with E-state index in [4.69, 9.17) is 11.6 Å². The fraction of sp³-hybridized carbons (Fsp3) is 0.387. The summed E-state index contributed by atoms with van der Waals surface area (Å²) >= 11 is 6.08. The lowest BCUT2D eigenvalue weighted by atomic mass is 10.0. The largest absolute Gasteiger partial charge is 0.337 e. The zero-order valence-corrected chi connectivity index (χ0v) is 24.7. The van der Waals surface area contributed by atoms with Crippen LogP contribution in [0.1, 0.15) is 23.1 Å². The lowest BCUT2D eigenvalue weighted by Gasteiger charge is -2.33. The van der Waals surface area contributed by atoms with Crippen molar-refractivity contribution >= 4 is 27.5 Å². The molecule has 1 heterocycles. The second-order valence-electron chi connectivity index (χ2n) is 10.5. The fourth-order valence-corrected chi connectivity index (χ4v) is 6.39. The molecule has 40 heavy (non-hydrogen) atoms. The van der Waals surface area contributed by atoms with Gasteiger partial charge in [-0.25, -0.2) is 13.1 Å². The molecule has 3 aromatic rings. The van der Waals surface area contributed by atoms with Gasteiger partial charge in [-0.3, -0.25) is 4.79 Å². The van der Waals surface area contributed by atoms with E-state index < -0.39 is 16.1 Å². The number of benzene rings is 3. The number of halogens is 1. The van der Waals surface area contributed by atoms with Crippen molar-refractivity contribution in [3.63, 3.8) is 0 Å². The number of amides is 1. The predicted molar refractivity (Wildman–Crippen MR) is 162 cm³/mol. The van der Waals surface area contributed by atoms with E-state index >= 15 is 0 Å². The van der Waals surface area contributed by atoms with Crippen LogP contribution in [0.15, 0.2) is 84.9 Å². The summed E-state index contributed by atoms with van der Waals surface area (Å²) in [5.41, 5.74) is 2.51. The quantitative estimate of drug-likeness (QED) is 0.329. The van der Waals surface area contributed by atoms with Gasteiger partial charge in [0.05, 0.1) is 5.75 Å². The molecule has 1 aliphatic heterocycles. The first-order valence-electron chi connectivity index (χ1n) is 13.8. The van der Waals surface area contributed by atoms with Gasteiger partial charge in [0.25, 0.3) is 0 Å². The molecule has 9 heteroatoms. The van der Waals surface area contributed by atoms with E-state index in [1.165, 1.54) is 0 Å². The van der Waals surface area contributed by atoms with Crippen LogP contribution in [0.2, 0.25) is 5.02 Å². The van der Waals surface area contributed by atoms with Gasteiger partial charge in [-0.1, -0.05) is 84.4 Å². The Morgan fingerprint density at radius 2 is 1.48 bits per heavy atom. The maximum atomic E-state index is 14.1. The molecule has 0 spiro atoms. The lowest BCUT2D eigenvalue weighted by Crippen LogP contribution is -2.50. The molecule has 1 amide bonds. The molecule has 0 saturated carbocycles. The third-order valence-corrected chi connectivity index (χ3v) is 8.81. The third-order valence-electron chi connectivity index (χ3n) is 7.20. The highest BCUT2D eigenvalue weighted by molar-refractivity contribution is 7.88. The van der Waals surface area contributed by atoms with Crippen LogP contribution in [0, 0.1) is 0 Å². The second-order valence-corrected chi connectivity index (χ2v) is 12.7. The summed E-state index contributed by atoms with van der Waals surface area (Å²) in [7, 11) is -1.66. The molecule has 1 saturated heterocycles. The Bertz CT molecular complexity index is 1300. The number of nitrogens with zero attached hydrogens (tertiary/aromatic N) is 3. The topological polar surface area (TPSA) is 73.0 Å². The normalized spacial score (nSPS) is 15.6. The maximum absolute atomic E-state index is 14.1. The molecular formula is C31H39ClN4O3S. The highest BCUT2D eigenvalue weighted by Gasteiger charge is 2.29. The molecule has 0 aliphatic carbocycles. The Kier molecular flexibility index (Phi) is 11.1. The first kappa shape index (κ1) is 30.2. The van der Waals surface area contributed by atoms with Crippen molar-refractivity contribution in [2.75, 3.05) is 46.3 Å². The number of hydrogen-bond donors (Lipinski definition) is 1. The van der Waals surface area contributed by atoms with Crippen molar-refractivity contribution in [3.8, 4) is 0 Å². The van der Waals surface area contributed by atoms with Crippen LogP contribution in [0.3, 0.4) is 0 Å². The van der Waals surface area contributed by atoms with E-state index in [2.05, 4.69) is 21.6 Å². The van der Waals surface area contributed by atoms with E-state index in [-0.39, 0.29) is 18.1 Å². The number of nitrogens with one attached hydrogen (secondary N) is 1. The molecule has 0 aromatic heterocycles. The summed E-state index contributed by atoms with van der Waals surface area (Å²) in [6.07, 6.45) is 1.04. The zero-order valence-electron chi connectivity index (χ0n) is 23.1. The van der Waals surface area contributed by atoms with E-state index in [9.17, 15) is 13.2 Å². The maximum Gasteiger partial charge on any atom is 0.241 e. The Morgan fingerprint density at radius 3 is 2.10 bits per heavy atom. The average Bonchev–Trinajstić information content (AvgIpc) is 2.95. The van der Waals surface area contributed by atoms with E-state index in [0.717, 1.165) is 50.3 Å². The van der Waals surface area contributed by atoms with E-state index in [1.54, 1.807) is 29.2 Å². The van der Waals surface area contributed by atoms with E-state index in [1.807, 2.05) is 60.7 Å². The number of likely N-dealkylation sites (N-methyl/N-ethyl adjacent to an activating group) is 1. The minimum Gasteiger partial charge on any atom is -0.337 e. The van der Waals surface area contributed by atoms with Crippen molar-refractivity contribution in [1.82, 2.24) is 19.4 Å². The highest BCUT2D eigenvalue weighted by Crippen LogP contribution is 2.16. The molecule has 1 atom stereocenters. The standard InChI is InChI=1S/C31H39ClN4O3S/c1-34-19-21-35(22-20-34)17-8-18-36(24-27-9-4-2-5-10-27)31(37)30(23-26-13-15-29(32)16-14-26)33-40(38,39)25-28-11-6-3-7-12-28/h2-7,9-16,30,33H,8,17-25H2,1H3/t30-/m0/s1. The van der Waals surface area contributed by atoms with Crippen LogP contribution in [0.25, 0.3) is 0 Å². The predicted octanol–water partition coefficient (Wildman–Crippen LogP) is 4.04. The number of hydrogen-bond acceptors (Lipinski definition) is 5. The molecule has 0 bridgehead atoms. The Hall–Kier alpha value is -2.75. The smallest absolute Gasteiger partial charge is 0.241 e. The van der Waals surface area contributed by atoms with Crippen LogP contribution < -0.4 is 4.72 Å². The van der Waals surface area contributed by atoms with Crippen molar-refractivity contribution in [1.29, 1.82) is 0 Å². The number of piperazine rings is 1. The molecule has 7 nitrogen and oxygen atoms in total. The van der Waals surface area contributed by atoms with Crippen molar-refractivity contribution < 1.29 is 13.2 Å². The lowest BCUT2D eigenvalue weighted by molar-refractivity contribution is -0.133. The number of rotatable bonds is 13. The fourth-order valence-electron chi connectivity index (χ4n) is 4.94. The van der Waals surface area contributed by atoms with Crippen molar-refractivity contribution in [3.05, 3.63) is 107 Å². The van der Waals surface area contributed by atoms with Crippen molar-refractivity contribution in [2.45, 2.75) is 31.2 Å². The first-order valence-corrected chi connectivity index (χ1v) is 15.8. The molecule has 3 aromatic carbocycles. The summed E-state index contributed by atoms with van der Waals surface area (Å²) in [5.74, 6) is -0.422. The number of carbonyl (C=O) groups excluding carboxylic acids is 1. The Morgan fingerprint density at radius 1 is 0.875 bits per heavy atom. The second kappa shape index (κ2) is 14.8. The van der Waals surface area contributed by atoms with Gasteiger partial charge in [0.1, 0.15) is 6.04 Å². The van der Waals surface area contributed by atoms with Gasteiger partial charge < -0.3 is 14.7 Å². The molecule has 4 rings (SSSR count). The molecule has 214 valence electrons. The van der Waals surface area contributed by atoms with E-state index in [0.29, 0.717) is 23.7 Å².